The summed E-state index contributed by atoms with van der Waals surface area (Å²) < 4.78 is 0. The summed E-state index contributed by atoms with van der Waals surface area (Å²) >= 11 is 0. The first-order chi connectivity index (χ1) is 5.10. The summed E-state index contributed by atoms with van der Waals surface area (Å²) in [6, 6.07) is 0. The predicted octanol–water partition coefficient (Wildman–Crippen LogP) is 1.11. The van der Waals surface area contributed by atoms with Crippen LogP contribution in [0.15, 0.2) is 5.16 Å². The Morgan fingerprint density at radius 3 is 2.55 bits per heavy atom. The van der Waals surface area contributed by atoms with Gasteiger partial charge >= 0.3 is 0 Å². The van der Waals surface area contributed by atoms with E-state index in [1.165, 1.54) is 0 Å². The Bertz CT molecular complexity index is 179. The summed E-state index contributed by atoms with van der Waals surface area (Å²) in [7, 11) is 0. The van der Waals surface area contributed by atoms with E-state index in [-0.39, 0.29) is 5.92 Å². The zero-order chi connectivity index (χ0) is 8.48. The first-order valence-corrected chi connectivity index (χ1v) is 3.73. The molecule has 1 aliphatic heterocycles. The molecule has 1 heterocycles. The van der Waals surface area contributed by atoms with Crippen molar-refractivity contribution < 1.29 is 10.0 Å². The second-order valence-corrected chi connectivity index (χ2v) is 3.25. The molecule has 1 unspecified atom stereocenters. The van der Waals surface area contributed by atoms with E-state index in [4.69, 9.17) is 10.0 Å². The van der Waals surface area contributed by atoms with Crippen molar-refractivity contribution in [1.29, 1.82) is 0 Å². The molecule has 64 valence electrons. The van der Waals surface area contributed by atoms with Crippen molar-refractivity contribution in [3.63, 3.8) is 0 Å². The van der Waals surface area contributed by atoms with Crippen molar-refractivity contribution in [2.75, 3.05) is 0 Å². The highest BCUT2D eigenvalue weighted by Crippen LogP contribution is 2.28. The summed E-state index contributed by atoms with van der Waals surface area (Å²) in [5, 5.41) is 12.6. The van der Waals surface area contributed by atoms with Crippen molar-refractivity contribution in [2.45, 2.75) is 32.9 Å². The maximum absolute atomic E-state index is 8.86. The van der Waals surface area contributed by atoms with E-state index < -0.39 is 5.72 Å². The van der Waals surface area contributed by atoms with Gasteiger partial charge in [0.1, 0.15) is 0 Å². The molecule has 2 N–H and O–H groups in total. The number of nitrogens with zero attached hydrogens (tertiary/aromatic N) is 1. The van der Waals surface area contributed by atoms with Crippen LogP contribution >= 0.6 is 0 Å². The lowest BCUT2D eigenvalue weighted by atomic mass is 9.96. The van der Waals surface area contributed by atoms with E-state index in [1.807, 2.05) is 20.8 Å². The van der Waals surface area contributed by atoms with Gasteiger partial charge < -0.3 is 10.0 Å². The highest BCUT2D eigenvalue weighted by atomic mass is 16.7. The molecule has 4 nitrogen and oxygen atoms in total. The van der Waals surface area contributed by atoms with Gasteiger partial charge in [-0.2, -0.15) is 5.48 Å². The third-order valence-electron chi connectivity index (χ3n) is 2.00. The SMILES string of the molecule is CC1=NOC(NO)(C(C)C)C1. The Hall–Kier alpha value is -0.610. The summed E-state index contributed by atoms with van der Waals surface area (Å²) in [6.07, 6.45) is 0.640. The maximum atomic E-state index is 8.86. The molecule has 0 radical (unpaired) electrons. The third kappa shape index (κ3) is 1.36. The van der Waals surface area contributed by atoms with Crippen molar-refractivity contribution in [3.8, 4) is 0 Å². The van der Waals surface area contributed by atoms with Crippen LogP contribution in [0.1, 0.15) is 27.2 Å². The fourth-order valence-corrected chi connectivity index (χ4v) is 1.10. The first kappa shape index (κ1) is 8.49. The fourth-order valence-electron chi connectivity index (χ4n) is 1.10. The van der Waals surface area contributed by atoms with Crippen LogP contribution in [0.3, 0.4) is 0 Å². The molecule has 0 aromatic rings. The minimum absolute atomic E-state index is 0.189. The largest absolute Gasteiger partial charge is 0.371 e. The molecule has 0 fully saturated rings. The molecule has 11 heavy (non-hydrogen) atoms. The lowest BCUT2D eigenvalue weighted by Gasteiger charge is -2.28. The number of hydrogen-bond donors (Lipinski definition) is 2. The van der Waals surface area contributed by atoms with Gasteiger partial charge in [0, 0.05) is 12.3 Å². The molecule has 0 bridgehead atoms. The molecule has 0 saturated carbocycles. The summed E-state index contributed by atoms with van der Waals surface area (Å²) in [4.78, 5) is 5.09. The predicted molar refractivity (Wildman–Crippen MR) is 41.3 cm³/mol. The molecule has 0 amide bonds. The Morgan fingerprint density at radius 2 is 2.36 bits per heavy atom. The van der Waals surface area contributed by atoms with Crippen LogP contribution in [0, 0.1) is 5.92 Å². The van der Waals surface area contributed by atoms with Gasteiger partial charge in [0.2, 0.25) is 5.72 Å². The molecule has 0 aliphatic carbocycles. The van der Waals surface area contributed by atoms with Gasteiger partial charge in [-0.05, 0) is 6.92 Å². The Kier molecular flexibility index (Phi) is 2.15. The molecule has 0 aromatic heterocycles. The smallest absolute Gasteiger partial charge is 0.217 e. The second-order valence-electron chi connectivity index (χ2n) is 3.25. The van der Waals surface area contributed by atoms with E-state index >= 15 is 0 Å². The lowest BCUT2D eigenvalue weighted by molar-refractivity contribution is -0.148. The average Bonchev–Trinajstić information content (AvgIpc) is 2.33. The molecule has 1 atom stereocenters. The van der Waals surface area contributed by atoms with Crippen molar-refractivity contribution in [3.05, 3.63) is 0 Å². The lowest BCUT2D eigenvalue weighted by Crippen LogP contribution is -2.48. The number of hydrogen-bond acceptors (Lipinski definition) is 4. The minimum atomic E-state index is -0.690. The van der Waals surface area contributed by atoms with Crippen LogP contribution in [0.2, 0.25) is 0 Å². The summed E-state index contributed by atoms with van der Waals surface area (Å²) in [5.41, 5.74) is 2.38. The number of hydroxylamine groups is 1. The summed E-state index contributed by atoms with van der Waals surface area (Å²) in [6.45, 7) is 5.82. The normalized spacial score (nSPS) is 30.5. The highest BCUT2D eigenvalue weighted by Gasteiger charge is 2.40. The molecule has 1 rings (SSSR count). The Morgan fingerprint density at radius 1 is 1.73 bits per heavy atom. The zero-order valence-electron chi connectivity index (χ0n) is 7.09. The average molecular weight is 158 g/mol. The number of nitrogens with one attached hydrogen (secondary N) is 1. The van der Waals surface area contributed by atoms with E-state index in [9.17, 15) is 0 Å². The van der Waals surface area contributed by atoms with Gasteiger partial charge in [-0.3, -0.25) is 0 Å². The molecule has 4 heteroatoms. The van der Waals surface area contributed by atoms with Crippen LogP contribution in [0.25, 0.3) is 0 Å². The first-order valence-electron chi connectivity index (χ1n) is 3.73. The Balaban J connectivity index is 2.67. The molecule has 0 spiro atoms. The quantitative estimate of drug-likeness (QED) is 0.592. The van der Waals surface area contributed by atoms with Crippen LogP contribution in [-0.2, 0) is 4.84 Å². The topological polar surface area (TPSA) is 53.8 Å². The van der Waals surface area contributed by atoms with Gasteiger partial charge in [0.05, 0.1) is 5.71 Å². The monoisotopic (exact) mass is 158 g/mol. The van der Waals surface area contributed by atoms with Gasteiger partial charge in [0.15, 0.2) is 0 Å². The van der Waals surface area contributed by atoms with Gasteiger partial charge in [-0.1, -0.05) is 19.0 Å². The zero-order valence-corrected chi connectivity index (χ0v) is 7.09. The Labute approximate surface area is 66.2 Å². The molecular weight excluding hydrogens is 144 g/mol. The molecule has 1 aliphatic rings. The second kappa shape index (κ2) is 2.79. The number of oxime groups is 1. The van der Waals surface area contributed by atoms with E-state index in [0.717, 1.165) is 5.71 Å². The third-order valence-corrected chi connectivity index (χ3v) is 2.00. The van der Waals surface area contributed by atoms with Crippen molar-refractivity contribution in [2.24, 2.45) is 11.1 Å². The van der Waals surface area contributed by atoms with Gasteiger partial charge in [0.25, 0.3) is 0 Å². The molecular formula is C7H14N2O2. The van der Waals surface area contributed by atoms with Gasteiger partial charge in [-0.15, -0.1) is 0 Å². The van der Waals surface area contributed by atoms with Crippen LogP contribution in [0.4, 0.5) is 0 Å². The van der Waals surface area contributed by atoms with E-state index in [1.54, 1.807) is 0 Å². The van der Waals surface area contributed by atoms with Crippen molar-refractivity contribution >= 4 is 5.71 Å². The van der Waals surface area contributed by atoms with Crippen LogP contribution < -0.4 is 5.48 Å². The van der Waals surface area contributed by atoms with E-state index in [2.05, 4.69) is 10.6 Å². The number of rotatable bonds is 2. The maximum Gasteiger partial charge on any atom is 0.217 e. The fraction of sp³-hybridized carbons (Fsp3) is 0.857. The van der Waals surface area contributed by atoms with Gasteiger partial charge in [-0.25, -0.2) is 0 Å². The van der Waals surface area contributed by atoms with Crippen molar-refractivity contribution in [1.82, 2.24) is 5.48 Å². The van der Waals surface area contributed by atoms with Crippen LogP contribution in [0.5, 0.6) is 0 Å². The summed E-state index contributed by atoms with van der Waals surface area (Å²) in [5.74, 6) is 0.189. The standard InChI is InChI=1S/C7H14N2O2/c1-5(2)7(9-10)4-6(3)8-11-7/h5,9-10H,4H2,1-3H3. The highest BCUT2D eigenvalue weighted by molar-refractivity contribution is 5.83. The molecule has 0 aromatic carbocycles. The van der Waals surface area contributed by atoms with E-state index in [0.29, 0.717) is 6.42 Å². The molecule has 0 saturated heterocycles. The minimum Gasteiger partial charge on any atom is -0.371 e. The van der Waals surface area contributed by atoms with Crippen LogP contribution in [-0.4, -0.2) is 16.6 Å².